The lowest BCUT2D eigenvalue weighted by Crippen LogP contribution is -2.58. The Hall–Kier alpha value is -4.55. The number of fused-ring (bicyclic) bond motifs is 1. The molecule has 1 aliphatic carbocycles. The highest BCUT2D eigenvalue weighted by Crippen LogP contribution is 2.29. The van der Waals surface area contributed by atoms with Crippen LogP contribution in [0.1, 0.15) is 61.2 Å². The Morgan fingerprint density at radius 3 is 2.50 bits per heavy atom. The molecule has 5 rings (SSSR count). The van der Waals surface area contributed by atoms with Gasteiger partial charge in [-0.2, -0.15) is 0 Å². The van der Waals surface area contributed by atoms with E-state index in [1.54, 1.807) is 30.3 Å². The first kappa shape index (κ1) is 34.8. The van der Waals surface area contributed by atoms with Gasteiger partial charge in [0.25, 0.3) is 5.89 Å². The Morgan fingerprint density at radius 2 is 1.77 bits per heavy atom. The lowest BCUT2D eigenvalue weighted by Gasteiger charge is -2.31. The number of carbonyl (C=O) groups is 4. The number of likely N-dealkylation sites (tertiary alicyclic amines) is 1. The second-order valence-corrected chi connectivity index (χ2v) is 12.4. The summed E-state index contributed by atoms with van der Waals surface area (Å²) < 4.78 is 17.1. The maximum atomic E-state index is 14.2. The normalized spacial score (nSPS) is 18.6. The average molecular weight is 660 g/mol. The van der Waals surface area contributed by atoms with Gasteiger partial charge in [-0.25, -0.2) is 9.78 Å². The smallest absolute Gasteiger partial charge is 0.407 e. The van der Waals surface area contributed by atoms with Gasteiger partial charge in [0.15, 0.2) is 5.58 Å². The minimum absolute atomic E-state index is 0.108. The van der Waals surface area contributed by atoms with Gasteiger partial charge < -0.3 is 35.2 Å². The molecular formula is C36H45N5O7. The zero-order valence-electron chi connectivity index (χ0n) is 27.2. The largest absolute Gasteiger partial charge is 0.449 e. The molecule has 3 amide bonds. The number of ether oxygens (including phenoxy) is 2. The topological polar surface area (TPSA) is 166 Å². The maximum Gasteiger partial charge on any atom is 0.407 e. The summed E-state index contributed by atoms with van der Waals surface area (Å²) >= 11 is 0. The summed E-state index contributed by atoms with van der Waals surface area (Å²) in [5.74, 6) is -1.20. The standard InChI is InChI=1S/C36H45N5O7/c1-2-22-46-30-19-21-41(35(44)28(18-17-24-10-4-3-5-11-24)40-36(45)47-23-25-15-16-25)31(30)33(43)38-27(13-8-9-20-37)32(42)34-39-26-12-6-7-14-29(26)48-34/h2-7,10-12,14,25,27-28,30-31H,1,8-9,13,15-23,37H2,(H,38,43)(H,40,45)/t27-,28+,30-,31-/m0/s1. The molecule has 256 valence electrons. The molecule has 1 saturated heterocycles. The highest BCUT2D eigenvalue weighted by Gasteiger charge is 2.45. The van der Waals surface area contributed by atoms with Crippen molar-refractivity contribution in [3.63, 3.8) is 0 Å². The predicted octanol–water partition coefficient (Wildman–Crippen LogP) is 3.93. The van der Waals surface area contributed by atoms with E-state index in [0.717, 1.165) is 18.4 Å². The van der Waals surface area contributed by atoms with Crippen LogP contribution in [0.15, 0.2) is 71.7 Å². The molecule has 1 saturated carbocycles. The van der Waals surface area contributed by atoms with E-state index in [2.05, 4.69) is 22.2 Å². The third-order valence-corrected chi connectivity index (χ3v) is 8.71. The van der Waals surface area contributed by atoms with Gasteiger partial charge in [0.1, 0.15) is 17.6 Å². The van der Waals surface area contributed by atoms with E-state index in [1.165, 1.54) is 4.90 Å². The van der Waals surface area contributed by atoms with E-state index in [1.807, 2.05) is 30.3 Å². The quantitative estimate of drug-likeness (QED) is 0.104. The second-order valence-electron chi connectivity index (χ2n) is 12.4. The fourth-order valence-corrected chi connectivity index (χ4v) is 5.91. The van der Waals surface area contributed by atoms with Gasteiger partial charge in [0.05, 0.1) is 25.4 Å². The van der Waals surface area contributed by atoms with Crippen LogP contribution in [0.3, 0.4) is 0 Å². The van der Waals surface area contributed by atoms with Crippen molar-refractivity contribution >= 4 is 34.8 Å². The molecule has 0 spiro atoms. The van der Waals surface area contributed by atoms with Crippen molar-refractivity contribution in [2.45, 2.75) is 75.6 Å². The minimum atomic E-state index is -1.06. The third kappa shape index (κ3) is 9.29. The number of nitrogens with one attached hydrogen (secondary N) is 2. The molecule has 12 nitrogen and oxygen atoms in total. The number of unbranched alkanes of at least 4 members (excludes halogenated alkanes) is 1. The van der Waals surface area contributed by atoms with Crippen molar-refractivity contribution in [3.05, 3.63) is 78.7 Å². The Balaban J connectivity index is 1.36. The van der Waals surface area contributed by atoms with Crippen LogP contribution in [0.25, 0.3) is 11.1 Å². The summed E-state index contributed by atoms with van der Waals surface area (Å²) in [6, 6.07) is 13.7. The number of para-hydroxylation sites is 2. The van der Waals surface area contributed by atoms with E-state index in [0.29, 0.717) is 68.7 Å². The molecule has 2 aromatic carbocycles. The van der Waals surface area contributed by atoms with Gasteiger partial charge in [0.2, 0.25) is 17.6 Å². The molecule has 48 heavy (non-hydrogen) atoms. The Bertz CT molecular complexity index is 1520. The number of carbonyl (C=O) groups excluding carboxylic acids is 4. The van der Waals surface area contributed by atoms with Gasteiger partial charge in [-0.15, -0.1) is 6.58 Å². The molecule has 2 aliphatic rings. The zero-order valence-corrected chi connectivity index (χ0v) is 27.2. The molecule has 12 heteroatoms. The van der Waals surface area contributed by atoms with Gasteiger partial charge in [-0.05, 0) is 81.5 Å². The van der Waals surface area contributed by atoms with Gasteiger partial charge >= 0.3 is 6.09 Å². The van der Waals surface area contributed by atoms with Crippen LogP contribution in [0, 0.1) is 5.92 Å². The maximum absolute atomic E-state index is 14.2. The highest BCUT2D eigenvalue weighted by atomic mass is 16.5. The van der Waals surface area contributed by atoms with Crippen LogP contribution >= 0.6 is 0 Å². The Labute approximate surface area is 280 Å². The van der Waals surface area contributed by atoms with Gasteiger partial charge in [-0.3, -0.25) is 14.4 Å². The third-order valence-electron chi connectivity index (χ3n) is 8.71. The molecule has 0 bridgehead atoms. The van der Waals surface area contributed by atoms with E-state index in [-0.39, 0.29) is 19.0 Å². The summed E-state index contributed by atoms with van der Waals surface area (Å²) in [6.45, 7) is 4.84. The molecule has 4 N–H and O–H groups in total. The van der Waals surface area contributed by atoms with E-state index in [4.69, 9.17) is 19.6 Å². The van der Waals surface area contributed by atoms with Crippen molar-refractivity contribution in [1.29, 1.82) is 0 Å². The van der Waals surface area contributed by atoms with Crippen LogP contribution in [-0.2, 0) is 25.5 Å². The van der Waals surface area contributed by atoms with E-state index >= 15 is 0 Å². The minimum Gasteiger partial charge on any atom is -0.449 e. The summed E-state index contributed by atoms with van der Waals surface area (Å²) in [4.78, 5) is 60.7. The molecule has 1 aromatic heterocycles. The molecule has 3 aromatic rings. The number of nitrogens with two attached hydrogens (primary N) is 1. The van der Waals surface area contributed by atoms with Crippen molar-refractivity contribution in [3.8, 4) is 0 Å². The Kier molecular flexibility index (Phi) is 12.3. The number of Topliss-reactive ketones (excluding diaryl/α,β-unsaturated/α-hetero) is 1. The van der Waals surface area contributed by atoms with Gasteiger partial charge in [0, 0.05) is 6.54 Å². The predicted molar refractivity (Wildman–Crippen MR) is 179 cm³/mol. The van der Waals surface area contributed by atoms with E-state index < -0.39 is 47.9 Å². The fourth-order valence-electron chi connectivity index (χ4n) is 5.91. The van der Waals surface area contributed by atoms with Crippen LogP contribution in [0.5, 0.6) is 0 Å². The number of aromatic nitrogens is 1. The Morgan fingerprint density at radius 1 is 1.00 bits per heavy atom. The number of rotatable bonds is 18. The summed E-state index contributed by atoms with van der Waals surface area (Å²) in [5, 5.41) is 5.65. The average Bonchev–Trinajstić information content (AvgIpc) is 3.67. The van der Waals surface area contributed by atoms with Crippen LogP contribution in [0.2, 0.25) is 0 Å². The van der Waals surface area contributed by atoms with E-state index in [9.17, 15) is 19.2 Å². The SMILES string of the molecule is C=CCO[C@H]1CCN(C(=O)[C@@H](CCc2ccccc2)NC(=O)OCC2CC2)[C@@H]1C(=O)N[C@@H](CCCCN)C(=O)c1nc2ccccc2o1. The number of benzene rings is 2. The lowest BCUT2D eigenvalue weighted by molar-refractivity contribution is -0.143. The number of hydrogen-bond donors (Lipinski definition) is 3. The fraction of sp³-hybridized carbons (Fsp3) is 0.472. The molecular weight excluding hydrogens is 614 g/mol. The molecule has 2 heterocycles. The number of oxazole rings is 1. The second kappa shape index (κ2) is 17.0. The van der Waals surface area contributed by atoms with Crippen molar-refractivity contribution in [2.24, 2.45) is 11.7 Å². The molecule has 0 unspecified atom stereocenters. The molecule has 0 radical (unpaired) electrons. The van der Waals surface area contributed by atoms with Crippen LogP contribution in [-0.4, -0.2) is 84.1 Å². The van der Waals surface area contributed by atoms with Crippen molar-refractivity contribution < 1.29 is 33.1 Å². The number of ketones is 1. The first-order valence-electron chi connectivity index (χ1n) is 16.8. The number of nitrogens with zero attached hydrogens (tertiary/aromatic N) is 2. The number of amides is 3. The molecule has 2 fully saturated rings. The monoisotopic (exact) mass is 659 g/mol. The number of aryl methyl sites for hydroxylation is 1. The summed E-state index contributed by atoms with van der Waals surface area (Å²) in [7, 11) is 0. The lowest BCUT2D eigenvalue weighted by atomic mass is 10.0. The van der Waals surface area contributed by atoms with Gasteiger partial charge in [-0.1, -0.05) is 48.5 Å². The number of hydrogen-bond acceptors (Lipinski definition) is 9. The van der Waals surface area contributed by atoms with Crippen molar-refractivity contribution in [2.75, 3.05) is 26.3 Å². The molecule has 4 atom stereocenters. The van der Waals surface area contributed by atoms with Crippen LogP contribution in [0.4, 0.5) is 4.79 Å². The first-order chi connectivity index (χ1) is 23.4. The summed E-state index contributed by atoms with van der Waals surface area (Å²) in [6.07, 6.45) is 5.00. The highest BCUT2D eigenvalue weighted by molar-refractivity contribution is 6.01. The van der Waals surface area contributed by atoms with Crippen molar-refractivity contribution in [1.82, 2.24) is 20.5 Å². The summed E-state index contributed by atoms with van der Waals surface area (Å²) in [5.41, 5.74) is 7.72. The van der Waals surface area contributed by atoms with Crippen LogP contribution < -0.4 is 16.4 Å². The number of alkyl carbamates (subject to hydrolysis) is 1. The first-order valence-corrected chi connectivity index (χ1v) is 16.8. The zero-order chi connectivity index (χ0) is 33.9. The molecule has 1 aliphatic heterocycles.